The minimum atomic E-state index is -0.796. The van der Waals surface area contributed by atoms with Crippen molar-refractivity contribution >= 4 is 11.9 Å². The molecule has 2 rings (SSSR count). The maximum Gasteiger partial charge on any atom is 0.306 e. The Morgan fingerprint density at radius 1 is 1.19 bits per heavy atom. The zero-order valence-corrected chi connectivity index (χ0v) is 11.7. The maximum absolute atomic E-state index is 11.5. The van der Waals surface area contributed by atoms with Crippen molar-refractivity contribution in [3.8, 4) is 5.75 Å². The normalized spacial score (nSPS) is 20.4. The molecule has 21 heavy (non-hydrogen) atoms. The molecule has 6 nitrogen and oxygen atoms in total. The van der Waals surface area contributed by atoms with Gasteiger partial charge in [-0.05, 0) is 25.0 Å². The van der Waals surface area contributed by atoms with Crippen LogP contribution in [0.3, 0.4) is 0 Å². The topological polar surface area (TPSA) is 84.9 Å². The Hall–Kier alpha value is -2.08. The van der Waals surface area contributed by atoms with Gasteiger partial charge in [-0.3, -0.25) is 9.59 Å². The molecule has 114 valence electrons. The largest absolute Gasteiger partial charge is 0.491 e. The standard InChI is InChI=1S/C15H19NO5/c17-14(16-12-8-11(9-12)15(18)19)10-20-6-7-21-13-4-2-1-3-5-13/h1-5,11-12H,6-10H2,(H,16,17)(H,18,19). The van der Waals surface area contributed by atoms with Gasteiger partial charge in [-0.25, -0.2) is 0 Å². The van der Waals surface area contributed by atoms with Crippen LogP contribution in [0, 0.1) is 5.92 Å². The van der Waals surface area contributed by atoms with Crippen LogP contribution in [0.25, 0.3) is 0 Å². The van der Waals surface area contributed by atoms with Gasteiger partial charge >= 0.3 is 5.97 Å². The number of benzene rings is 1. The van der Waals surface area contributed by atoms with Crippen molar-refractivity contribution in [1.29, 1.82) is 0 Å². The minimum absolute atomic E-state index is 0.0353. The van der Waals surface area contributed by atoms with Crippen LogP contribution < -0.4 is 10.1 Å². The highest BCUT2D eigenvalue weighted by molar-refractivity contribution is 5.78. The molecule has 1 fully saturated rings. The van der Waals surface area contributed by atoms with E-state index in [-0.39, 0.29) is 24.5 Å². The third kappa shape index (κ3) is 5.07. The summed E-state index contributed by atoms with van der Waals surface area (Å²) in [7, 11) is 0. The van der Waals surface area contributed by atoms with Crippen LogP contribution in [0.1, 0.15) is 12.8 Å². The maximum atomic E-state index is 11.5. The lowest BCUT2D eigenvalue weighted by Gasteiger charge is -2.32. The third-order valence-corrected chi connectivity index (χ3v) is 3.33. The number of ether oxygens (including phenoxy) is 2. The Bertz CT molecular complexity index is 470. The number of carbonyl (C=O) groups excluding carboxylic acids is 1. The van der Waals surface area contributed by atoms with Gasteiger partial charge in [0.25, 0.3) is 0 Å². The fourth-order valence-electron chi connectivity index (χ4n) is 2.11. The molecule has 0 aliphatic heterocycles. The number of carbonyl (C=O) groups is 2. The Morgan fingerprint density at radius 2 is 1.90 bits per heavy atom. The second-order valence-corrected chi connectivity index (χ2v) is 4.99. The molecule has 0 radical (unpaired) electrons. The highest BCUT2D eigenvalue weighted by Gasteiger charge is 2.35. The van der Waals surface area contributed by atoms with E-state index in [2.05, 4.69) is 5.32 Å². The number of aliphatic carboxylic acids is 1. The van der Waals surface area contributed by atoms with Crippen molar-refractivity contribution in [1.82, 2.24) is 5.32 Å². The summed E-state index contributed by atoms with van der Waals surface area (Å²) in [5.41, 5.74) is 0. The molecule has 0 spiro atoms. The molecule has 1 aliphatic rings. The Morgan fingerprint density at radius 3 is 2.57 bits per heavy atom. The number of rotatable bonds is 8. The van der Waals surface area contributed by atoms with Crippen LogP contribution >= 0.6 is 0 Å². The molecule has 6 heteroatoms. The van der Waals surface area contributed by atoms with Crippen molar-refractivity contribution in [3.05, 3.63) is 30.3 Å². The van der Waals surface area contributed by atoms with E-state index in [1.165, 1.54) is 0 Å². The van der Waals surface area contributed by atoms with Gasteiger partial charge in [0.15, 0.2) is 0 Å². The zero-order chi connectivity index (χ0) is 15.1. The van der Waals surface area contributed by atoms with Crippen LogP contribution in [-0.2, 0) is 14.3 Å². The first-order valence-corrected chi connectivity index (χ1v) is 6.93. The summed E-state index contributed by atoms with van der Waals surface area (Å²) in [5.74, 6) is -0.575. The van der Waals surface area contributed by atoms with Crippen molar-refractivity contribution in [2.75, 3.05) is 19.8 Å². The van der Waals surface area contributed by atoms with Crippen LogP contribution in [0.5, 0.6) is 5.75 Å². The van der Waals surface area contributed by atoms with E-state index in [0.29, 0.717) is 26.1 Å². The van der Waals surface area contributed by atoms with Crippen LogP contribution in [-0.4, -0.2) is 42.8 Å². The molecule has 1 amide bonds. The fourth-order valence-corrected chi connectivity index (χ4v) is 2.11. The van der Waals surface area contributed by atoms with Crippen molar-refractivity contribution < 1.29 is 24.2 Å². The number of nitrogens with one attached hydrogen (secondary N) is 1. The van der Waals surface area contributed by atoms with Crippen LogP contribution in [0.15, 0.2) is 30.3 Å². The molecule has 1 aromatic rings. The van der Waals surface area contributed by atoms with Gasteiger partial charge < -0.3 is 19.9 Å². The van der Waals surface area contributed by atoms with Gasteiger partial charge in [-0.2, -0.15) is 0 Å². The summed E-state index contributed by atoms with van der Waals surface area (Å²) >= 11 is 0. The smallest absolute Gasteiger partial charge is 0.306 e. The summed E-state index contributed by atoms with van der Waals surface area (Å²) in [4.78, 5) is 22.2. The summed E-state index contributed by atoms with van der Waals surface area (Å²) in [6, 6.07) is 9.33. The quantitative estimate of drug-likeness (QED) is 0.700. The SMILES string of the molecule is O=C(COCCOc1ccccc1)NC1CC(C(=O)O)C1. The molecule has 0 saturated heterocycles. The fraction of sp³-hybridized carbons (Fsp3) is 0.467. The monoisotopic (exact) mass is 293 g/mol. The number of carboxylic acid groups (broad SMARTS) is 1. The molecule has 1 saturated carbocycles. The van der Waals surface area contributed by atoms with E-state index >= 15 is 0 Å². The van der Waals surface area contributed by atoms with E-state index in [1.54, 1.807) is 0 Å². The van der Waals surface area contributed by atoms with Gasteiger partial charge in [0.1, 0.15) is 19.0 Å². The Kier molecular flexibility index (Phi) is 5.57. The molecule has 0 atom stereocenters. The van der Waals surface area contributed by atoms with Gasteiger partial charge in [0.05, 0.1) is 12.5 Å². The molecule has 0 unspecified atom stereocenters. The van der Waals surface area contributed by atoms with Crippen LogP contribution in [0.2, 0.25) is 0 Å². The highest BCUT2D eigenvalue weighted by Crippen LogP contribution is 2.27. The number of hydrogen-bond acceptors (Lipinski definition) is 4. The van der Waals surface area contributed by atoms with E-state index in [9.17, 15) is 9.59 Å². The predicted octanol–water partition coefficient (Wildman–Crippen LogP) is 1.06. The average molecular weight is 293 g/mol. The Balaban J connectivity index is 1.49. The predicted molar refractivity (Wildman–Crippen MR) is 75.0 cm³/mol. The van der Waals surface area contributed by atoms with E-state index < -0.39 is 5.97 Å². The molecule has 1 aromatic carbocycles. The average Bonchev–Trinajstić information content (AvgIpc) is 2.42. The van der Waals surface area contributed by atoms with E-state index in [4.69, 9.17) is 14.6 Å². The lowest BCUT2D eigenvalue weighted by molar-refractivity contribution is -0.146. The first kappa shape index (κ1) is 15.3. The van der Waals surface area contributed by atoms with E-state index in [1.807, 2.05) is 30.3 Å². The second-order valence-electron chi connectivity index (χ2n) is 4.99. The molecule has 0 bridgehead atoms. The second kappa shape index (κ2) is 7.64. The number of amides is 1. The Labute approximate surface area is 123 Å². The van der Waals surface area contributed by atoms with Crippen molar-refractivity contribution in [2.24, 2.45) is 5.92 Å². The third-order valence-electron chi connectivity index (χ3n) is 3.33. The first-order valence-electron chi connectivity index (χ1n) is 6.93. The van der Waals surface area contributed by atoms with Crippen LogP contribution in [0.4, 0.5) is 0 Å². The van der Waals surface area contributed by atoms with Gasteiger partial charge in [0.2, 0.25) is 5.91 Å². The molecular formula is C15H19NO5. The highest BCUT2D eigenvalue weighted by atomic mass is 16.5. The number of para-hydroxylation sites is 1. The van der Waals surface area contributed by atoms with Gasteiger partial charge in [-0.15, -0.1) is 0 Å². The molecule has 0 aromatic heterocycles. The van der Waals surface area contributed by atoms with Gasteiger partial charge in [0, 0.05) is 6.04 Å². The number of carboxylic acids is 1. The lowest BCUT2D eigenvalue weighted by atomic mass is 9.80. The first-order chi connectivity index (χ1) is 10.1. The van der Waals surface area contributed by atoms with Crippen molar-refractivity contribution in [2.45, 2.75) is 18.9 Å². The minimum Gasteiger partial charge on any atom is -0.491 e. The molecule has 1 aliphatic carbocycles. The summed E-state index contributed by atoms with van der Waals surface area (Å²) in [5, 5.41) is 11.5. The zero-order valence-electron chi connectivity index (χ0n) is 11.7. The summed E-state index contributed by atoms with van der Waals surface area (Å²) in [6.07, 6.45) is 0.996. The summed E-state index contributed by atoms with van der Waals surface area (Å²) in [6.45, 7) is 0.666. The van der Waals surface area contributed by atoms with Gasteiger partial charge in [-0.1, -0.05) is 18.2 Å². The van der Waals surface area contributed by atoms with Crippen molar-refractivity contribution in [3.63, 3.8) is 0 Å². The summed E-state index contributed by atoms with van der Waals surface area (Å²) < 4.78 is 10.6. The number of hydrogen-bond donors (Lipinski definition) is 2. The molecule has 0 heterocycles. The van der Waals surface area contributed by atoms with E-state index in [0.717, 1.165) is 5.75 Å². The molecular weight excluding hydrogens is 274 g/mol. The lowest BCUT2D eigenvalue weighted by Crippen LogP contribution is -2.47. The molecule has 2 N–H and O–H groups in total.